The summed E-state index contributed by atoms with van der Waals surface area (Å²) in [6, 6.07) is 13.9. The van der Waals surface area contributed by atoms with Crippen molar-refractivity contribution in [2.45, 2.75) is 26.4 Å². The number of thiazole rings is 1. The van der Waals surface area contributed by atoms with Gasteiger partial charge in [0.25, 0.3) is 0 Å². The molecule has 150 valence electrons. The van der Waals surface area contributed by atoms with Crippen molar-refractivity contribution in [3.63, 3.8) is 0 Å². The summed E-state index contributed by atoms with van der Waals surface area (Å²) in [5.41, 5.74) is 6.02. The number of amides is 1. The van der Waals surface area contributed by atoms with Gasteiger partial charge in [0.15, 0.2) is 0 Å². The molecule has 0 aliphatic heterocycles. The van der Waals surface area contributed by atoms with Crippen LogP contribution in [0.25, 0.3) is 0 Å². The molecular weight excluding hydrogens is 393 g/mol. The van der Waals surface area contributed by atoms with E-state index < -0.39 is 17.5 Å². The van der Waals surface area contributed by atoms with E-state index in [1.807, 2.05) is 0 Å². The summed E-state index contributed by atoms with van der Waals surface area (Å²) < 4.78 is 18.8. The molecule has 1 aromatic heterocycles. The van der Waals surface area contributed by atoms with Crippen molar-refractivity contribution in [3.05, 3.63) is 70.9 Å². The zero-order valence-corrected chi connectivity index (χ0v) is 17.0. The molecule has 0 atom stereocenters. The van der Waals surface area contributed by atoms with Crippen LogP contribution in [0.15, 0.2) is 54.6 Å². The van der Waals surface area contributed by atoms with Gasteiger partial charge < -0.3 is 10.5 Å². The molecule has 0 bridgehead atoms. The molecular formula is C21H20FN3O3S. The van der Waals surface area contributed by atoms with Crippen molar-refractivity contribution in [1.29, 1.82) is 0 Å². The minimum atomic E-state index is -0.763. The molecule has 6 nitrogen and oxygen atoms in total. The highest BCUT2D eigenvalue weighted by Gasteiger charge is 2.29. The fourth-order valence-corrected chi connectivity index (χ4v) is 3.45. The average Bonchev–Trinajstić information content (AvgIpc) is 3.03. The Kier molecular flexibility index (Phi) is 5.65. The molecule has 2 N–H and O–H groups in total. The van der Waals surface area contributed by atoms with E-state index >= 15 is 0 Å². The molecule has 8 heteroatoms. The van der Waals surface area contributed by atoms with E-state index in [9.17, 15) is 14.0 Å². The first-order valence-corrected chi connectivity index (χ1v) is 9.62. The van der Waals surface area contributed by atoms with Crippen molar-refractivity contribution in [1.82, 2.24) is 4.98 Å². The van der Waals surface area contributed by atoms with Crippen LogP contribution in [0.2, 0.25) is 0 Å². The normalized spacial score (nSPS) is 11.2. The topological polar surface area (TPSA) is 85.5 Å². The summed E-state index contributed by atoms with van der Waals surface area (Å²) >= 11 is 0.970. The van der Waals surface area contributed by atoms with Crippen LogP contribution in [-0.4, -0.2) is 22.5 Å². The van der Waals surface area contributed by atoms with Gasteiger partial charge in [0.05, 0.1) is 5.69 Å². The minimum Gasteiger partial charge on any atom is -0.443 e. The van der Waals surface area contributed by atoms with Crippen LogP contribution in [0.4, 0.5) is 25.8 Å². The fourth-order valence-electron chi connectivity index (χ4n) is 2.49. The van der Waals surface area contributed by atoms with Crippen molar-refractivity contribution in [3.8, 4) is 0 Å². The van der Waals surface area contributed by atoms with E-state index in [2.05, 4.69) is 4.98 Å². The third kappa shape index (κ3) is 4.78. The Morgan fingerprint density at radius 3 is 2.28 bits per heavy atom. The monoisotopic (exact) mass is 413 g/mol. The van der Waals surface area contributed by atoms with Gasteiger partial charge in [-0.15, -0.1) is 0 Å². The second-order valence-electron chi connectivity index (χ2n) is 7.20. The lowest BCUT2D eigenvalue weighted by atomic mass is 10.1. The number of ether oxygens (including phenoxy) is 1. The van der Waals surface area contributed by atoms with Crippen LogP contribution in [0.3, 0.4) is 0 Å². The number of benzene rings is 2. The number of rotatable bonds is 4. The predicted octanol–water partition coefficient (Wildman–Crippen LogP) is 5.17. The molecule has 1 heterocycles. The van der Waals surface area contributed by atoms with E-state index in [1.165, 1.54) is 29.2 Å². The number of nitrogen functional groups attached to an aromatic ring is 1. The van der Waals surface area contributed by atoms with E-state index in [-0.39, 0.29) is 21.6 Å². The van der Waals surface area contributed by atoms with Gasteiger partial charge in [-0.1, -0.05) is 41.7 Å². The number of anilines is 3. The van der Waals surface area contributed by atoms with Crippen molar-refractivity contribution >= 4 is 39.9 Å². The summed E-state index contributed by atoms with van der Waals surface area (Å²) in [4.78, 5) is 31.2. The number of ketones is 1. The first-order chi connectivity index (χ1) is 13.7. The lowest BCUT2D eigenvalue weighted by molar-refractivity contribution is 0.0599. The number of carbonyl (C=O) groups is 2. The van der Waals surface area contributed by atoms with Crippen LogP contribution < -0.4 is 10.6 Å². The Hall–Kier alpha value is -3.26. The average molecular weight is 413 g/mol. The molecule has 1 amide bonds. The summed E-state index contributed by atoms with van der Waals surface area (Å²) in [6.07, 6.45) is -0.712. The van der Waals surface area contributed by atoms with Gasteiger partial charge in [0.1, 0.15) is 22.1 Å². The molecule has 0 saturated carbocycles. The van der Waals surface area contributed by atoms with Crippen LogP contribution >= 0.6 is 11.3 Å². The number of hydrogen-bond donors (Lipinski definition) is 1. The molecule has 0 spiro atoms. The number of nitrogens with two attached hydrogens (primary N) is 1. The van der Waals surface area contributed by atoms with Gasteiger partial charge in [-0.05, 0) is 45.0 Å². The predicted molar refractivity (Wildman–Crippen MR) is 111 cm³/mol. The second-order valence-corrected chi connectivity index (χ2v) is 8.18. The largest absolute Gasteiger partial charge is 0.443 e. The highest BCUT2D eigenvalue weighted by atomic mass is 32.1. The SMILES string of the molecule is CC(C)(C)OC(=O)N(c1ccc(F)cc1)c1nc(N)c(C(=O)c2ccccc2)s1. The number of nitrogens with zero attached hydrogens (tertiary/aromatic N) is 2. The van der Waals surface area contributed by atoms with Crippen molar-refractivity contribution in [2.75, 3.05) is 10.6 Å². The van der Waals surface area contributed by atoms with Crippen LogP contribution in [0, 0.1) is 5.82 Å². The van der Waals surface area contributed by atoms with Gasteiger partial charge >= 0.3 is 6.09 Å². The van der Waals surface area contributed by atoms with E-state index in [4.69, 9.17) is 10.5 Å². The van der Waals surface area contributed by atoms with Gasteiger partial charge in [0, 0.05) is 5.56 Å². The number of carbonyl (C=O) groups excluding carboxylic acids is 2. The highest BCUT2D eigenvalue weighted by Crippen LogP contribution is 2.35. The maximum atomic E-state index is 13.4. The zero-order valence-electron chi connectivity index (χ0n) is 16.2. The lowest BCUT2D eigenvalue weighted by Crippen LogP contribution is -2.33. The Morgan fingerprint density at radius 1 is 1.07 bits per heavy atom. The van der Waals surface area contributed by atoms with Gasteiger partial charge in [0.2, 0.25) is 10.9 Å². The van der Waals surface area contributed by atoms with Gasteiger partial charge in [-0.2, -0.15) is 0 Å². The van der Waals surface area contributed by atoms with Crippen LogP contribution in [0.5, 0.6) is 0 Å². The Morgan fingerprint density at radius 2 is 1.69 bits per heavy atom. The Balaban J connectivity index is 2.03. The molecule has 29 heavy (non-hydrogen) atoms. The standard InChI is InChI=1S/C21H20FN3O3S/c1-21(2,3)28-20(27)25(15-11-9-14(22)10-12-15)19-24-18(23)17(29-19)16(26)13-7-5-4-6-8-13/h4-12H,23H2,1-3H3. The maximum absolute atomic E-state index is 13.4. The summed E-state index contributed by atoms with van der Waals surface area (Å²) in [7, 11) is 0. The first-order valence-electron chi connectivity index (χ1n) is 8.80. The highest BCUT2D eigenvalue weighted by molar-refractivity contribution is 7.18. The summed E-state index contributed by atoms with van der Waals surface area (Å²) in [6.45, 7) is 5.19. The number of hydrogen-bond acceptors (Lipinski definition) is 6. The quantitative estimate of drug-likeness (QED) is 0.597. The Labute approximate surface area is 171 Å². The van der Waals surface area contributed by atoms with Crippen LogP contribution in [-0.2, 0) is 4.74 Å². The van der Waals surface area contributed by atoms with E-state index in [1.54, 1.807) is 51.1 Å². The summed E-state index contributed by atoms with van der Waals surface area (Å²) in [5.74, 6) is -0.735. The van der Waals surface area contributed by atoms with Crippen molar-refractivity contribution < 1.29 is 18.7 Å². The van der Waals surface area contributed by atoms with Gasteiger partial charge in [-0.3, -0.25) is 4.79 Å². The molecule has 0 saturated heterocycles. The second kappa shape index (κ2) is 8.00. The van der Waals surface area contributed by atoms with Crippen LogP contribution in [0.1, 0.15) is 36.0 Å². The van der Waals surface area contributed by atoms with E-state index in [0.29, 0.717) is 11.3 Å². The molecule has 0 radical (unpaired) electrons. The fraction of sp³-hybridized carbons (Fsp3) is 0.190. The molecule has 0 aliphatic rings. The minimum absolute atomic E-state index is 0.00882. The lowest BCUT2D eigenvalue weighted by Gasteiger charge is -2.25. The molecule has 0 unspecified atom stereocenters. The molecule has 0 aliphatic carbocycles. The molecule has 2 aromatic carbocycles. The molecule has 3 rings (SSSR count). The maximum Gasteiger partial charge on any atom is 0.421 e. The molecule has 3 aromatic rings. The zero-order chi connectivity index (χ0) is 21.2. The Bertz CT molecular complexity index is 1030. The third-order valence-corrected chi connectivity index (χ3v) is 4.79. The number of aromatic nitrogens is 1. The smallest absolute Gasteiger partial charge is 0.421 e. The third-order valence-electron chi connectivity index (χ3n) is 3.74. The molecule has 0 fully saturated rings. The first kappa shape index (κ1) is 20.5. The van der Waals surface area contributed by atoms with E-state index in [0.717, 1.165) is 11.3 Å². The number of halogens is 1. The van der Waals surface area contributed by atoms with Crippen molar-refractivity contribution in [2.24, 2.45) is 0 Å². The van der Waals surface area contributed by atoms with Gasteiger partial charge in [-0.25, -0.2) is 19.1 Å². The summed E-state index contributed by atoms with van der Waals surface area (Å²) in [5, 5.41) is 0.155.